The lowest BCUT2D eigenvalue weighted by molar-refractivity contribution is 0.760. The third-order valence-corrected chi connectivity index (χ3v) is 13.2. The van der Waals surface area contributed by atoms with Crippen LogP contribution in [0, 0.1) is 13.8 Å². The Morgan fingerprint density at radius 1 is 0.444 bits per heavy atom. The molecule has 0 saturated heterocycles. The molecule has 1 aliphatic carbocycles. The lowest BCUT2D eigenvalue weighted by atomic mass is 9.66. The fraction of sp³-hybridized carbons (Fsp3) is 0.0492. The smallest absolute Gasteiger partial charge is 0.0716 e. The molecule has 0 amide bonds. The van der Waals surface area contributed by atoms with Crippen molar-refractivity contribution in [3.8, 4) is 39.1 Å². The Bertz CT molecular complexity index is 3390. The van der Waals surface area contributed by atoms with Crippen LogP contribution in [0.25, 0.3) is 73.0 Å². The molecule has 1 N–H and O–H groups in total. The summed E-state index contributed by atoms with van der Waals surface area (Å²) in [6.07, 6.45) is 3.81. The molecule has 1 atom stereocenters. The average Bonchev–Trinajstić information content (AvgIpc) is 3.82. The van der Waals surface area contributed by atoms with E-state index in [-0.39, 0.29) is 0 Å². The van der Waals surface area contributed by atoms with Crippen LogP contribution in [-0.2, 0) is 5.41 Å². The molecule has 0 spiro atoms. The lowest BCUT2D eigenvalue weighted by Gasteiger charge is -2.35. The molecule has 0 bridgehead atoms. The molecule has 63 heavy (non-hydrogen) atoms. The largest absolute Gasteiger partial charge is 0.356 e. The highest BCUT2D eigenvalue weighted by molar-refractivity contribution is 6.11. The van der Waals surface area contributed by atoms with Crippen LogP contribution in [0.3, 0.4) is 0 Å². The molecule has 1 aliphatic rings. The quantitative estimate of drug-likeness (QED) is 0.154. The third kappa shape index (κ3) is 6.25. The van der Waals surface area contributed by atoms with Gasteiger partial charge in [-0.15, -0.1) is 0 Å². The molecule has 2 nitrogen and oxygen atoms in total. The average molecular weight is 807 g/mol. The van der Waals surface area contributed by atoms with Crippen LogP contribution in [0.4, 0.5) is 11.4 Å². The minimum absolute atomic E-state index is 0.498. The number of rotatable bonds is 9. The van der Waals surface area contributed by atoms with Crippen LogP contribution in [-0.4, -0.2) is 4.57 Å². The van der Waals surface area contributed by atoms with E-state index in [4.69, 9.17) is 0 Å². The molecule has 0 fully saturated rings. The van der Waals surface area contributed by atoms with Gasteiger partial charge in [0.2, 0.25) is 0 Å². The summed E-state index contributed by atoms with van der Waals surface area (Å²) < 4.78 is 2.38. The number of hydrogen-bond donors (Lipinski definition) is 1. The van der Waals surface area contributed by atoms with Crippen LogP contribution in [0.1, 0.15) is 44.5 Å². The first-order valence-corrected chi connectivity index (χ1v) is 21.7. The van der Waals surface area contributed by atoms with Crippen molar-refractivity contribution in [2.75, 3.05) is 5.32 Å². The van der Waals surface area contributed by atoms with Crippen molar-refractivity contribution in [3.63, 3.8) is 0 Å². The van der Waals surface area contributed by atoms with Crippen molar-refractivity contribution >= 4 is 45.3 Å². The third-order valence-electron chi connectivity index (χ3n) is 13.2. The minimum Gasteiger partial charge on any atom is -0.356 e. The molecule has 1 heterocycles. The summed E-state index contributed by atoms with van der Waals surface area (Å²) >= 11 is 0. The molecule has 9 aromatic carbocycles. The zero-order chi connectivity index (χ0) is 42.7. The van der Waals surface area contributed by atoms with Gasteiger partial charge in [-0.05, 0) is 147 Å². The molecule has 1 unspecified atom stereocenters. The Kier molecular flexibility index (Phi) is 9.17. The van der Waals surface area contributed by atoms with Gasteiger partial charge >= 0.3 is 0 Å². The van der Waals surface area contributed by atoms with Crippen LogP contribution in [0.2, 0.25) is 0 Å². The summed E-state index contributed by atoms with van der Waals surface area (Å²) in [5, 5.41) is 6.26. The maximum Gasteiger partial charge on any atom is 0.0716 e. The Morgan fingerprint density at radius 2 is 1.00 bits per heavy atom. The number of hydrogen-bond acceptors (Lipinski definition) is 1. The van der Waals surface area contributed by atoms with E-state index in [1.54, 1.807) is 0 Å². The second-order valence-electron chi connectivity index (χ2n) is 16.9. The van der Waals surface area contributed by atoms with E-state index in [9.17, 15) is 0 Å². The topological polar surface area (TPSA) is 17.0 Å². The highest BCUT2D eigenvalue weighted by atomic mass is 15.0. The van der Waals surface area contributed by atoms with Crippen molar-refractivity contribution in [2.45, 2.75) is 19.3 Å². The summed E-state index contributed by atoms with van der Waals surface area (Å²) in [4.78, 5) is 0. The SMILES string of the molecule is C=Cc1ccc(-c2ccc3c(c2)c2cc(-c4ccc(Nc5ccc6c(c5)C(c5ccc(C=C)cc5)(c5cc(C)ccc5C)c5ccccc5-6)cc4)ccc2n3-c2ccccc2)cc1. The maximum absolute atomic E-state index is 4.04. The van der Waals surface area contributed by atoms with Gasteiger partial charge in [-0.1, -0.05) is 170 Å². The Hall–Kier alpha value is -7.94. The van der Waals surface area contributed by atoms with E-state index in [0.717, 1.165) is 28.2 Å². The summed E-state index contributed by atoms with van der Waals surface area (Å²) in [7, 11) is 0. The van der Waals surface area contributed by atoms with Crippen LogP contribution >= 0.6 is 0 Å². The number of aryl methyl sites for hydroxylation is 2. The van der Waals surface area contributed by atoms with Gasteiger partial charge in [0.25, 0.3) is 0 Å². The van der Waals surface area contributed by atoms with E-state index in [0.29, 0.717) is 0 Å². The zero-order valence-electron chi connectivity index (χ0n) is 35.6. The number of aromatic nitrogens is 1. The molecule has 300 valence electrons. The van der Waals surface area contributed by atoms with E-state index in [2.05, 4.69) is 237 Å². The van der Waals surface area contributed by atoms with Gasteiger partial charge < -0.3 is 9.88 Å². The second kappa shape index (κ2) is 15.2. The van der Waals surface area contributed by atoms with Crippen molar-refractivity contribution in [1.29, 1.82) is 0 Å². The molecule has 0 radical (unpaired) electrons. The van der Waals surface area contributed by atoms with Gasteiger partial charge in [-0.25, -0.2) is 0 Å². The lowest BCUT2D eigenvalue weighted by Crippen LogP contribution is -2.29. The van der Waals surface area contributed by atoms with Crippen molar-refractivity contribution in [2.24, 2.45) is 0 Å². The summed E-state index contributed by atoms with van der Waals surface area (Å²) in [6.45, 7) is 12.4. The van der Waals surface area contributed by atoms with Gasteiger partial charge in [0.15, 0.2) is 0 Å². The Balaban J connectivity index is 0.981. The zero-order valence-corrected chi connectivity index (χ0v) is 35.6. The molecular weight excluding hydrogens is 761 g/mol. The Morgan fingerprint density at radius 3 is 1.65 bits per heavy atom. The van der Waals surface area contributed by atoms with Gasteiger partial charge in [0.1, 0.15) is 0 Å². The van der Waals surface area contributed by atoms with E-state index in [1.165, 1.54) is 88.6 Å². The first-order chi connectivity index (χ1) is 30.9. The molecule has 10 aromatic rings. The van der Waals surface area contributed by atoms with Gasteiger partial charge in [0.05, 0.1) is 16.4 Å². The molecular formula is C61H46N2. The minimum atomic E-state index is -0.498. The van der Waals surface area contributed by atoms with Crippen molar-refractivity contribution < 1.29 is 0 Å². The first kappa shape index (κ1) is 38.0. The molecule has 1 aromatic heterocycles. The predicted octanol–water partition coefficient (Wildman–Crippen LogP) is 16.1. The second-order valence-corrected chi connectivity index (χ2v) is 16.9. The predicted molar refractivity (Wildman–Crippen MR) is 268 cm³/mol. The molecule has 2 heteroatoms. The van der Waals surface area contributed by atoms with Crippen LogP contribution in [0.5, 0.6) is 0 Å². The molecule has 11 rings (SSSR count). The summed E-state index contributed by atoms with van der Waals surface area (Å²) in [5.41, 5.74) is 22.3. The van der Waals surface area contributed by atoms with E-state index < -0.39 is 5.41 Å². The van der Waals surface area contributed by atoms with Gasteiger partial charge in [-0.2, -0.15) is 0 Å². The number of benzene rings is 9. The fourth-order valence-corrected chi connectivity index (χ4v) is 10.1. The van der Waals surface area contributed by atoms with E-state index in [1.807, 2.05) is 12.2 Å². The number of anilines is 2. The fourth-order valence-electron chi connectivity index (χ4n) is 10.1. The normalized spacial score (nSPS) is 14.1. The Labute approximate surface area is 369 Å². The number of para-hydroxylation sites is 1. The standard InChI is InChI=1S/C61H46N2/c1-5-42-18-22-44(23-19-42)46-26-34-59-54(37-46)55-38-47(27-35-60(55)63(59)51-12-8-7-9-13-51)45-24-30-49(31-25-45)62-50-32-33-53-52-14-10-11-15-56(52)61(58(53)39-50,48-28-20-43(6-2)21-29-48)57-36-40(3)16-17-41(57)4/h5-39,62H,1-2H2,3-4H3. The van der Waals surface area contributed by atoms with Crippen LogP contribution in [0.15, 0.2) is 213 Å². The highest BCUT2D eigenvalue weighted by Crippen LogP contribution is 2.57. The van der Waals surface area contributed by atoms with Gasteiger partial charge in [0, 0.05) is 27.8 Å². The summed E-state index contributed by atoms with van der Waals surface area (Å²) in [5.74, 6) is 0. The van der Waals surface area contributed by atoms with Crippen LogP contribution < -0.4 is 5.32 Å². The van der Waals surface area contributed by atoms with E-state index >= 15 is 0 Å². The summed E-state index contributed by atoms with van der Waals surface area (Å²) in [6, 6.07) is 73.6. The molecule has 0 saturated carbocycles. The number of fused-ring (bicyclic) bond motifs is 6. The first-order valence-electron chi connectivity index (χ1n) is 21.7. The molecule has 0 aliphatic heterocycles. The number of nitrogens with one attached hydrogen (secondary N) is 1. The van der Waals surface area contributed by atoms with Crippen molar-refractivity contribution in [3.05, 3.63) is 258 Å². The number of nitrogens with zero attached hydrogens (tertiary/aromatic N) is 1. The van der Waals surface area contributed by atoms with Gasteiger partial charge in [-0.3, -0.25) is 0 Å². The van der Waals surface area contributed by atoms with Crippen molar-refractivity contribution in [1.82, 2.24) is 4.57 Å². The monoisotopic (exact) mass is 806 g/mol. The maximum atomic E-state index is 4.04. The highest BCUT2D eigenvalue weighted by Gasteiger charge is 2.47.